The van der Waals surface area contributed by atoms with Crippen molar-refractivity contribution in [3.05, 3.63) is 23.3 Å². The van der Waals surface area contributed by atoms with Gasteiger partial charge in [-0.15, -0.1) is 0 Å². The SMILES string of the molecule is FC(F)(F)C1=CC(CNI)CC(C(F)(F)F)=C1. The fourth-order valence-electron chi connectivity index (χ4n) is 1.49. The number of hydrogen-bond acceptors (Lipinski definition) is 1. The van der Waals surface area contributed by atoms with E-state index in [1.165, 1.54) is 0 Å². The van der Waals surface area contributed by atoms with Gasteiger partial charge in [0.05, 0.1) is 5.57 Å². The van der Waals surface area contributed by atoms with E-state index >= 15 is 0 Å². The first kappa shape index (κ1) is 14.8. The van der Waals surface area contributed by atoms with E-state index in [2.05, 4.69) is 3.53 Å². The van der Waals surface area contributed by atoms with Crippen LogP contribution in [0.2, 0.25) is 0 Å². The molecule has 1 aliphatic carbocycles. The molecule has 0 heterocycles. The molecule has 0 aliphatic heterocycles. The summed E-state index contributed by atoms with van der Waals surface area (Å²) in [4.78, 5) is 0. The molecule has 0 bridgehead atoms. The molecular weight excluding hydrogens is 363 g/mol. The molecule has 0 aromatic carbocycles. The zero-order chi connectivity index (χ0) is 13.3. The van der Waals surface area contributed by atoms with E-state index in [4.69, 9.17) is 0 Å². The summed E-state index contributed by atoms with van der Waals surface area (Å²) < 4.78 is 77.1. The third-order valence-electron chi connectivity index (χ3n) is 2.26. The van der Waals surface area contributed by atoms with Crippen LogP contribution in [0.25, 0.3) is 0 Å². The van der Waals surface area contributed by atoms with Crippen molar-refractivity contribution >= 4 is 22.9 Å². The Morgan fingerprint density at radius 2 is 1.76 bits per heavy atom. The number of allylic oxidation sites excluding steroid dienone is 3. The standard InChI is InChI=1S/C9H8F6IN/c10-8(11,12)6-1-5(4-17-16)2-7(3-6)9(13,14)15/h1,3,5,17H,2,4H2. The molecule has 0 spiro atoms. The predicted octanol–water partition coefficient (Wildman–Crippen LogP) is 3.92. The summed E-state index contributed by atoms with van der Waals surface area (Å²) >= 11 is 1.68. The minimum atomic E-state index is -4.75. The van der Waals surface area contributed by atoms with Gasteiger partial charge in [-0.1, -0.05) is 6.08 Å². The van der Waals surface area contributed by atoms with Crippen molar-refractivity contribution in [2.45, 2.75) is 18.8 Å². The van der Waals surface area contributed by atoms with Gasteiger partial charge in [0.2, 0.25) is 0 Å². The van der Waals surface area contributed by atoms with Crippen LogP contribution >= 0.6 is 22.9 Å². The largest absolute Gasteiger partial charge is 0.416 e. The lowest BCUT2D eigenvalue weighted by Crippen LogP contribution is -2.25. The second-order valence-corrected chi connectivity index (χ2v) is 4.35. The molecule has 8 heteroatoms. The molecule has 1 nitrogen and oxygen atoms in total. The van der Waals surface area contributed by atoms with Crippen LogP contribution in [-0.4, -0.2) is 18.9 Å². The molecule has 98 valence electrons. The van der Waals surface area contributed by atoms with Crippen molar-refractivity contribution in [1.29, 1.82) is 0 Å². The Kier molecular flexibility index (Phi) is 4.50. The highest BCUT2D eigenvalue weighted by Gasteiger charge is 2.41. The van der Waals surface area contributed by atoms with E-state index in [0.717, 1.165) is 6.08 Å². The summed E-state index contributed by atoms with van der Waals surface area (Å²) in [7, 11) is 0. The maximum absolute atomic E-state index is 12.4. The molecule has 0 saturated carbocycles. The Morgan fingerprint density at radius 3 is 2.18 bits per heavy atom. The second kappa shape index (κ2) is 5.17. The van der Waals surface area contributed by atoms with Crippen LogP contribution in [-0.2, 0) is 0 Å². The first-order valence-electron chi connectivity index (χ1n) is 4.55. The van der Waals surface area contributed by atoms with E-state index in [9.17, 15) is 26.3 Å². The lowest BCUT2D eigenvalue weighted by atomic mass is 9.90. The molecule has 0 amide bonds. The van der Waals surface area contributed by atoms with Gasteiger partial charge in [-0.05, 0) is 18.4 Å². The van der Waals surface area contributed by atoms with Gasteiger partial charge >= 0.3 is 12.4 Å². The molecule has 17 heavy (non-hydrogen) atoms. The van der Waals surface area contributed by atoms with Crippen molar-refractivity contribution in [3.8, 4) is 0 Å². The molecule has 0 radical (unpaired) electrons. The second-order valence-electron chi connectivity index (χ2n) is 3.59. The van der Waals surface area contributed by atoms with Gasteiger partial charge in [-0.2, -0.15) is 26.3 Å². The Bertz CT molecular complexity index is 340. The summed E-state index contributed by atoms with van der Waals surface area (Å²) in [6, 6.07) is 0. The Hall–Kier alpha value is -0.250. The molecule has 0 aromatic rings. The third-order valence-corrected chi connectivity index (χ3v) is 2.70. The quantitative estimate of drug-likeness (QED) is 0.441. The summed E-state index contributed by atoms with van der Waals surface area (Å²) in [5.74, 6) is -0.801. The smallest absolute Gasteiger partial charge is 0.260 e. The number of hydrogen-bond donors (Lipinski definition) is 1. The summed E-state index contributed by atoms with van der Waals surface area (Å²) in [6.07, 6.45) is -8.88. The van der Waals surface area contributed by atoms with Crippen LogP contribution in [0.15, 0.2) is 23.3 Å². The van der Waals surface area contributed by atoms with E-state index in [1.54, 1.807) is 22.9 Å². The van der Waals surface area contributed by atoms with Gasteiger partial charge in [-0.25, -0.2) is 0 Å². The highest BCUT2D eigenvalue weighted by atomic mass is 127. The van der Waals surface area contributed by atoms with Gasteiger partial charge in [0.15, 0.2) is 0 Å². The molecule has 1 atom stereocenters. The first-order chi connectivity index (χ1) is 7.64. The highest BCUT2D eigenvalue weighted by molar-refractivity contribution is 14.1. The molecule has 1 N–H and O–H groups in total. The Balaban J connectivity index is 3.04. The van der Waals surface area contributed by atoms with E-state index in [1.807, 2.05) is 0 Å². The normalized spacial score (nSPS) is 22.2. The van der Waals surface area contributed by atoms with Gasteiger partial charge in [-0.3, -0.25) is 3.53 Å². The average Bonchev–Trinajstić information content (AvgIpc) is 2.15. The van der Waals surface area contributed by atoms with Crippen molar-refractivity contribution in [2.24, 2.45) is 5.92 Å². The summed E-state index contributed by atoms with van der Waals surface area (Å²) in [5.41, 5.74) is -2.36. The van der Waals surface area contributed by atoms with E-state index in [-0.39, 0.29) is 12.6 Å². The molecule has 1 aliphatic rings. The zero-order valence-corrected chi connectivity index (χ0v) is 10.4. The number of rotatable bonds is 2. The summed E-state index contributed by atoms with van der Waals surface area (Å²) in [5, 5.41) is 0. The minimum absolute atomic E-state index is 0.0631. The zero-order valence-electron chi connectivity index (χ0n) is 8.29. The van der Waals surface area contributed by atoms with Crippen LogP contribution in [0.3, 0.4) is 0 Å². The van der Waals surface area contributed by atoms with Crippen molar-refractivity contribution in [3.63, 3.8) is 0 Å². The predicted molar refractivity (Wildman–Crippen MR) is 58.4 cm³/mol. The van der Waals surface area contributed by atoms with E-state index in [0.29, 0.717) is 0 Å². The molecule has 0 aromatic heterocycles. The van der Waals surface area contributed by atoms with Crippen LogP contribution < -0.4 is 3.53 Å². The van der Waals surface area contributed by atoms with Crippen molar-refractivity contribution in [2.75, 3.05) is 6.54 Å². The van der Waals surface area contributed by atoms with Crippen LogP contribution in [0, 0.1) is 5.92 Å². The number of alkyl halides is 6. The number of nitrogens with one attached hydrogen (secondary N) is 1. The lowest BCUT2D eigenvalue weighted by molar-refractivity contribution is -0.0998. The topological polar surface area (TPSA) is 12.0 Å². The average molecular weight is 371 g/mol. The minimum Gasteiger partial charge on any atom is -0.260 e. The molecule has 1 unspecified atom stereocenters. The molecule has 0 saturated heterocycles. The number of halogens is 7. The molecule has 0 fully saturated rings. The maximum Gasteiger partial charge on any atom is 0.416 e. The lowest BCUT2D eigenvalue weighted by Gasteiger charge is -2.23. The third kappa shape index (κ3) is 4.16. The molecule has 1 rings (SSSR count). The van der Waals surface area contributed by atoms with Gasteiger partial charge in [0.25, 0.3) is 0 Å². The van der Waals surface area contributed by atoms with Crippen LogP contribution in [0.4, 0.5) is 26.3 Å². The highest BCUT2D eigenvalue weighted by Crippen LogP contribution is 2.39. The van der Waals surface area contributed by atoms with Gasteiger partial charge in [0, 0.05) is 35.0 Å². The van der Waals surface area contributed by atoms with Crippen LogP contribution in [0.1, 0.15) is 6.42 Å². The fourth-order valence-corrected chi connectivity index (χ4v) is 2.06. The Morgan fingerprint density at radius 1 is 1.18 bits per heavy atom. The monoisotopic (exact) mass is 371 g/mol. The van der Waals surface area contributed by atoms with Crippen LogP contribution in [0.5, 0.6) is 0 Å². The molecular formula is C9H8F6IN. The Labute approximate surface area is 107 Å². The van der Waals surface area contributed by atoms with Gasteiger partial charge < -0.3 is 0 Å². The van der Waals surface area contributed by atoms with Crippen molar-refractivity contribution in [1.82, 2.24) is 3.53 Å². The van der Waals surface area contributed by atoms with E-state index < -0.39 is 35.8 Å². The van der Waals surface area contributed by atoms with Crippen molar-refractivity contribution < 1.29 is 26.3 Å². The maximum atomic E-state index is 12.4. The summed E-state index contributed by atoms with van der Waals surface area (Å²) in [6.45, 7) is 0.0631. The fraction of sp³-hybridized carbons (Fsp3) is 0.556. The first-order valence-corrected chi connectivity index (χ1v) is 5.62. The van der Waals surface area contributed by atoms with Gasteiger partial charge in [0.1, 0.15) is 0 Å².